The lowest BCUT2D eigenvalue weighted by atomic mass is 10.3. The highest BCUT2D eigenvalue weighted by Crippen LogP contribution is 2.35. The number of thiazole rings is 1. The van der Waals surface area contributed by atoms with Gasteiger partial charge in [0.2, 0.25) is 6.79 Å². The van der Waals surface area contributed by atoms with Crippen LogP contribution in [0.5, 0.6) is 17.2 Å². The molecule has 7 heteroatoms. The van der Waals surface area contributed by atoms with Crippen LogP contribution >= 0.6 is 11.3 Å². The average molecular weight is 334 g/mol. The van der Waals surface area contributed by atoms with E-state index in [1.165, 1.54) is 4.88 Å². The first-order chi connectivity index (χ1) is 11.1. The average Bonchev–Trinajstić information content (AvgIpc) is 3.15. The summed E-state index contributed by atoms with van der Waals surface area (Å²) in [6.07, 6.45) is 0.192. The summed E-state index contributed by atoms with van der Waals surface area (Å²) in [4.78, 5) is 17.5. The van der Waals surface area contributed by atoms with Crippen molar-refractivity contribution in [3.05, 3.63) is 34.3 Å². The molecule has 0 saturated carbocycles. The molecule has 2 aromatic rings. The number of nitrogens with one attached hydrogen (secondary N) is 1. The third-order valence-electron chi connectivity index (χ3n) is 3.52. The van der Waals surface area contributed by atoms with E-state index >= 15 is 0 Å². The standard InChI is InChI=1S/C16H18N2O4S/c1-10-15(23-8-18-10)5-6-17-16(19)11(2)22-12-3-4-13-14(7-12)21-9-20-13/h3-4,7-8,11H,5-6,9H2,1-2H3,(H,17,19)/t11-/m1/s1. The lowest BCUT2D eigenvalue weighted by molar-refractivity contribution is -0.127. The number of ether oxygens (including phenoxy) is 3. The predicted molar refractivity (Wildman–Crippen MR) is 86.2 cm³/mol. The fourth-order valence-corrected chi connectivity index (χ4v) is 3.00. The van der Waals surface area contributed by atoms with Gasteiger partial charge < -0.3 is 19.5 Å². The van der Waals surface area contributed by atoms with Gasteiger partial charge in [-0.2, -0.15) is 0 Å². The molecule has 1 aromatic carbocycles. The first-order valence-corrected chi connectivity index (χ1v) is 8.24. The molecule has 1 aliphatic heterocycles. The number of rotatable bonds is 6. The van der Waals surface area contributed by atoms with Crippen molar-refractivity contribution in [1.29, 1.82) is 0 Å². The van der Waals surface area contributed by atoms with E-state index in [0.29, 0.717) is 23.8 Å². The van der Waals surface area contributed by atoms with Gasteiger partial charge in [-0.05, 0) is 26.0 Å². The minimum absolute atomic E-state index is 0.148. The van der Waals surface area contributed by atoms with Crippen LogP contribution in [-0.4, -0.2) is 30.3 Å². The van der Waals surface area contributed by atoms with Gasteiger partial charge >= 0.3 is 0 Å². The summed E-state index contributed by atoms with van der Waals surface area (Å²) >= 11 is 1.60. The summed E-state index contributed by atoms with van der Waals surface area (Å²) in [5, 5.41) is 2.88. The Hall–Kier alpha value is -2.28. The number of hydrogen-bond acceptors (Lipinski definition) is 6. The fourth-order valence-electron chi connectivity index (χ4n) is 2.22. The van der Waals surface area contributed by atoms with Crippen LogP contribution in [0, 0.1) is 6.92 Å². The molecule has 1 aliphatic rings. The summed E-state index contributed by atoms with van der Waals surface area (Å²) in [6, 6.07) is 5.26. The number of nitrogens with zero attached hydrogens (tertiary/aromatic N) is 1. The second-order valence-electron chi connectivity index (χ2n) is 5.18. The van der Waals surface area contributed by atoms with Crippen LogP contribution in [0.1, 0.15) is 17.5 Å². The predicted octanol–water partition coefficient (Wildman–Crippen LogP) is 2.31. The maximum absolute atomic E-state index is 12.1. The van der Waals surface area contributed by atoms with Crippen molar-refractivity contribution < 1.29 is 19.0 Å². The molecule has 2 heterocycles. The number of aromatic nitrogens is 1. The van der Waals surface area contributed by atoms with E-state index in [9.17, 15) is 4.79 Å². The van der Waals surface area contributed by atoms with Crippen molar-refractivity contribution in [2.24, 2.45) is 0 Å². The normalized spacial score (nSPS) is 13.7. The Bertz CT molecular complexity index is 701. The number of carbonyl (C=O) groups excluding carboxylic acids is 1. The molecule has 1 aromatic heterocycles. The van der Waals surface area contributed by atoms with Crippen LogP contribution in [0.3, 0.4) is 0 Å². The molecule has 0 unspecified atom stereocenters. The minimum atomic E-state index is -0.585. The third kappa shape index (κ3) is 3.73. The molecule has 3 rings (SSSR count). The van der Waals surface area contributed by atoms with Gasteiger partial charge in [-0.15, -0.1) is 11.3 Å². The number of benzene rings is 1. The molecule has 6 nitrogen and oxygen atoms in total. The van der Waals surface area contributed by atoms with Crippen molar-refractivity contribution in [2.45, 2.75) is 26.4 Å². The SMILES string of the molecule is Cc1ncsc1CCNC(=O)[C@@H](C)Oc1ccc2c(c1)OCO2. The van der Waals surface area contributed by atoms with Gasteiger partial charge in [-0.3, -0.25) is 4.79 Å². The highest BCUT2D eigenvalue weighted by molar-refractivity contribution is 7.09. The monoisotopic (exact) mass is 334 g/mol. The first kappa shape index (κ1) is 15.6. The van der Waals surface area contributed by atoms with Crippen molar-refractivity contribution >= 4 is 17.2 Å². The fraction of sp³-hybridized carbons (Fsp3) is 0.375. The number of amides is 1. The molecule has 0 spiro atoms. The zero-order chi connectivity index (χ0) is 16.2. The summed E-state index contributed by atoms with van der Waals surface area (Å²) in [5.41, 5.74) is 2.84. The van der Waals surface area contributed by atoms with Gasteiger partial charge in [0, 0.05) is 23.9 Å². The molecule has 0 bridgehead atoms. The van der Waals surface area contributed by atoms with Crippen molar-refractivity contribution in [3.8, 4) is 17.2 Å². The van der Waals surface area contributed by atoms with Gasteiger partial charge in [0.15, 0.2) is 17.6 Å². The Morgan fingerprint density at radius 1 is 1.43 bits per heavy atom. The van der Waals surface area contributed by atoms with Gasteiger partial charge in [0.05, 0.1) is 11.2 Å². The van der Waals surface area contributed by atoms with Gasteiger partial charge in [0.25, 0.3) is 5.91 Å². The highest BCUT2D eigenvalue weighted by atomic mass is 32.1. The molecule has 0 aliphatic carbocycles. The molecular weight excluding hydrogens is 316 g/mol. The van der Waals surface area contributed by atoms with E-state index in [1.54, 1.807) is 36.5 Å². The molecule has 122 valence electrons. The Kier molecular flexibility index (Phi) is 4.66. The van der Waals surface area contributed by atoms with Crippen LogP contribution < -0.4 is 19.5 Å². The van der Waals surface area contributed by atoms with E-state index in [-0.39, 0.29) is 12.7 Å². The van der Waals surface area contributed by atoms with Gasteiger partial charge in [-0.1, -0.05) is 0 Å². The number of hydrogen-bond donors (Lipinski definition) is 1. The Morgan fingerprint density at radius 3 is 3.04 bits per heavy atom. The second-order valence-corrected chi connectivity index (χ2v) is 6.12. The van der Waals surface area contributed by atoms with Crippen LogP contribution in [0.2, 0.25) is 0 Å². The quantitative estimate of drug-likeness (QED) is 0.878. The van der Waals surface area contributed by atoms with Crippen LogP contribution in [0.4, 0.5) is 0 Å². The molecule has 0 fully saturated rings. The molecule has 0 saturated heterocycles. The largest absolute Gasteiger partial charge is 0.481 e. The molecule has 0 radical (unpaired) electrons. The van der Waals surface area contributed by atoms with E-state index in [1.807, 2.05) is 12.4 Å². The molecular formula is C16H18N2O4S. The molecule has 1 N–H and O–H groups in total. The van der Waals surface area contributed by atoms with E-state index in [0.717, 1.165) is 12.1 Å². The Morgan fingerprint density at radius 2 is 2.26 bits per heavy atom. The highest BCUT2D eigenvalue weighted by Gasteiger charge is 2.18. The van der Waals surface area contributed by atoms with Crippen molar-refractivity contribution in [3.63, 3.8) is 0 Å². The zero-order valence-electron chi connectivity index (χ0n) is 13.0. The second kappa shape index (κ2) is 6.87. The first-order valence-electron chi connectivity index (χ1n) is 7.36. The van der Waals surface area contributed by atoms with Crippen LogP contribution in [0.25, 0.3) is 0 Å². The zero-order valence-corrected chi connectivity index (χ0v) is 13.8. The van der Waals surface area contributed by atoms with Crippen LogP contribution in [0.15, 0.2) is 23.7 Å². The van der Waals surface area contributed by atoms with Crippen LogP contribution in [-0.2, 0) is 11.2 Å². The van der Waals surface area contributed by atoms with E-state index < -0.39 is 6.10 Å². The maximum Gasteiger partial charge on any atom is 0.260 e. The molecule has 1 atom stereocenters. The summed E-state index contributed by atoms with van der Waals surface area (Å²) in [7, 11) is 0. The van der Waals surface area contributed by atoms with Gasteiger partial charge in [-0.25, -0.2) is 4.98 Å². The molecule has 1 amide bonds. The number of fused-ring (bicyclic) bond motifs is 1. The topological polar surface area (TPSA) is 69.7 Å². The minimum Gasteiger partial charge on any atom is -0.481 e. The lowest BCUT2D eigenvalue weighted by Crippen LogP contribution is -2.37. The summed E-state index contributed by atoms with van der Waals surface area (Å²) in [5.74, 6) is 1.75. The van der Waals surface area contributed by atoms with Gasteiger partial charge in [0.1, 0.15) is 5.75 Å². The number of aryl methyl sites for hydroxylation is 1. The van der Waals surface area contributed by atoms with Crippen molar-refractivity contribution in [1.82, 2.24) is 10.3 Å². The smallest absolute Gasteiger partial charge is 0.260 e. The third-order valence-corrected chi connectivity index (χ3v) is 4.52. The molecule has 23 heavy (non-hydrogen) atoms. The van der Waals surface area contributed by atoms with Crippen molar-refractivity contribution in [2.75, 3.05) is 13.3 Å². The van der Waals surface area contributed by atoms with E-state index in [2.05, 4.69) is 10.3 Å². The lowest BCUT2D eigenvalue weighted by Gasteiger charge is -2.15. The Labute approximate surface area is 138 Å². The summed E-state index contributed by atoms with van der Waals surface area (Å²) in [6.45, 7) is 4.47. The van der Waals surface area contributed by atoms with E-state index in [4.69, 9.17) is 14.2 Å². The summed E-state index contributed by atoms with van der Waals surface area (Å²) < 4.78 is 16.2. The Balaban J connectivity index is 1.48. The number of carbonyl (C=O) groups is 1. The maximum atomic E-state index is 12.1.